The molecule has 2 aromatic heterocycles. The van der Waals surface area contributed by atoms with Crippen LogP contribution in [0, 0.1) is 19.8 Å². The second kappa shape index (κ2) is 6.48. The van der Waals surface area contributed by atoms with Gasteiger partial charge in [-0.25, -0.2) is 4.98 Å². The Hall–Kier alpha value is -2.26. The molecule has 3 aromatic rings. The summed E-state index contributed by atoms with van der Waals surface area (Å²) in [5.41, 5.74) is 1.74. The second-order valence-electron chi connectivity index (χ2n) is 6.29. The number of aromatic amines is 1. The van der Waals surface area contributed by atoms with Crippen molar-refractivity contribution in [3.63, 3.8) is 0 Å². The summed E-state index contributed by atoms with van der Waals surface area (Å²) in [6.07, 6.45) is 0.167. The quantitative estimate of drug-likeness (QED) is 0.661. The summed E-state index contributed by atoms with van der Waals surface area (Å²) >= 11 is 4.86. The van der Waals surface area contributed by atoms with E-state index in [-0.39, 0.29) is 18.2 Å². The highest BCUT2D eigenvalue weighted by Crippen LogP contribution is 2.31. The van der Waals surface area contributed by atoms with Gasteiger partial charge in [0.05, 0.1) is 17.1 Å². The second-order valence-corrected chi connectivity index (χ2v) is 8.41. The van der Waals surface area contributed by atoms with E-state index in [0.717, 1.165) is 25.9 Å². The summed E-state index contributed by atoms with van der Waals surface area (Å²) in [6.45, 7) is 4.18. The Labute approximate surface area is 161 Å². The zero-order chi connectivity index (χ0) is 18.4. The lowest BCUT2D eigenvalue weighted by Gasteiger charge is -2.14. The number of hydrogen-bond donors (Lipinski definition) is 2. The molecule has 4 rings (SSSR count). The first-order chi connectivity index (χ1) is 12.4. The predicted molar refractivity (Wildman–Crippen MR) is 104 cm³/mol. The minimum atomic E-state index is -0.422. The Morgan fingerprint density at radius 2 is 2.23 bits per heavy atom. The van der Waals surface area contributed by atoms with Crippen LogP contribution in [0.2, 0.25) is 0 Å². The van der Waals surface area contributed by atoms with E-state index < -0.39 is 5.92 Å². The molecule has 0 bridgehead atoms. The van der Waals surface area contributed by atoms with Crippen molar-refractivity contribution < 1.29 is 9.59 Å². The van der Waals surface area contributed by atoms with Gasteiger partial charge in [0.2, 0.25) is 11.8 Å². The monoisotopic (exact) mass is 433 g/mol. The van der Waals surface area contributed by atoms with Gasteiger partial charge in [0.15, 0.2) is 10.9 Å². The molecule has 2 amide bonds. The molecule has 0 radical (unpaired) electrons. The summed E-state index contributed by atoms with van der Waals surface area (Å²) < 4.78 is 0.930. The number of nitrogens with one attached hydrogen (secondary N) is 2. The number of aryl methyl sites for hydroxylation is 2. The van der Waals surface area contributed by atoms with Crippen LogP contribution in [0.5, 0.6) is 0 Å². The van der Waals surface area contributed by atoms with Crippen LogP contribution in [0.15, 0.2) is 22.7 Å². The third kappa shape index (κ3) is 3.01. The minimum Gasteiger partial charge on any atom is -0.302 e. The van der Waals surface area contributed by atoms with E-state index in [0.29, 0.717) is 17.5 Å². The van der Waals surface area contributed by atoms with E-state index in [1.807, 2.05) is 32.0 Å². The first-order valence-corrected chi connectivity index (χ1v) is 9.72. The van der Waals surface area contributed by atoms with Crippen molar-refractivity contribution in [2.45, 2.75) is 20.3 Å². The van der Waals surface area contributed by atoms with E-state index in [9.17, 15) is 9.59 Å². The number of anilines is 2. The van der Waals surface area contributed by atoms with Crippen molar-refractivity contribution in [3.05, 3.63) is 33.2 Å². The number of rotatable bonds is 3. The maximum absolute atomic E-state index is 12.5. The first-order valence-electron chi connectivity index (χ1n) is 8.11. The van der Waals surface area contributed by atoms with Crippen LogP contribution in [-0.2, 0) is 9.59 Å². The lowest BCUT2D eigenvalue weighted by atomic mass is 10.1. The molecule has 1 aliphatic heterocycles. The molecular weight excluding hydrogens is 418 g/mol. The minimum absolute atomic E-state index is 0.104. The van der Waals surface area contributed by atoms with Crippen molar-refractivity contribution in [3.8, 4) is 0 Å². The molecule has 1 atom stereocenters. The highest BCUT2D eigenvalue weighted by atomic mass is 79.9. The smallest absolute Gasteiger partial charge is 0.231 e. The van der Waals surface area contributed by atoms with Crippen molar-refractivity contribution >= 4 is 60.9 Å². The Kier molecular flexibility index (Phi) is 4.28. The number of H-pyrrole nitrogens is 1. The van der Waals surface area contributed by atoms with Gasteiger partial charge in [-0.15, -0.1) is 11.3 Å². The van der Waals surface area contributed by atoms with Gasteiger partial charge in [0, 0.05) is 27.7 Å². The van der Waals surface area contributed by atoms with Crippen LogP contribution < -0.4 is 10.2 Å². The molecule has 9 heteroatoms. The van der Waals surface area contributed by atoms with Crippen LogP contribution >= 0.6 is 27.3 Å². The van der Waals surface area contributed by atoms with Crippen molar-refractivity contribution in [1.82, 2.24) is 15.2 Å². The molecule has 0 aliphatic carbocycles. The standard InChI is InChI=1S/C17H16BrN5O2S/c1-8-9(2)26-17(19-8)20-16(25)10-5-14(24)23(7-10)15-12-4-3-11(18)6-13(12)21-22-15/h3-4,6,10H,5,7H2,1-2H3,(H,21,22)(H,19,20,25). The Balaban J connectivity index is 1.53. The number of halogens is 1. The molecule has 26 heavy (non-hydrogen) atoms. The van der Waals surface area contributed by atoms with E-state index >= 15 is 0 Å². The third-order valence-electron chi connectivity index (χ3n) is 4.51. The molecule has 1 fully saturated rings. The highest BCUT2D eigenvalue weighted by Gasteiger charge is 2.37. The van der Waals surface area contributed by atoms with Gasteiger partial charge < -0.3 is 5.32 Å². The number of carbonyl (C=O) groups excluding carboxylic acids is 2. The fourth-order valence-electron chi connectivity index (χ4n) is 3.00. The van der Waals surface area contributed by atoms with Gasteiger partial charge >= 0.3 is 0 Å². The molecule has 134 valence electrons. The third-order valence-corrected chi connectivity index (χ3v) is 6.00. The Morgan fingerprint density at radius 1 is 1.42 bits per heavy atom. The molecule has 0 saturated carbocycles. The average Bonchev–Trinajstić information content (AvgIpc) is 3.25. The average molecular weight is 434 g/mol. The number of amides is 2. The van der Waals surface area contributed by atoms with Crippen LogP contribution in [0.3, 0.4) is 0 Å². The van der Waals surface area contributed by atoms with Crippen LogP contribution in [0.1, 0.15) is 17.0 Å². The predicted octanol–water partition coefficient (Wildman–Crippen LogP) is 3.39. The largest absolute Gasteiger partial charge is 0.302 e. The molecule has 1 saturated heterocycles. The lowest BCUT2D eigenvalue weighted by molar-refractivity contribution is -0.122. The van der Waals surface area contributed by atoms with Gasteiger partial charge in [-0.05, 0) is 32.0 Å². The molecule has 1 unspecified atom stereocenters. The number of hydrogen-bond acceptors (Lipinski definition) is 5. The molecular formula is C17H16BrN5O2S. The summed E-state index contributed by atoms with van der Waals surface area (Å²) in [6, 6.07) is 5.71. The molecule has 2 N–H and O–H groups in total. The molecule has 1 aromatic carbocycles. The maximum Gasteiger partial charge on any atom is 0.231 e. The molecule has 1 aliphatic rings. The van der Waals surface area contributed by atoms with Crippen molar-refractivity contribution in [1.29, 1.82) is 0 Å². The summed E-state index contributed by atoms with van der Waals surface area (Å²) in [7, 11) is 0. The molecule has 7 nitrogen and oxygen atoms in total. The summed E-state index contributed by atoms with van der Waals surface area (Å²) in [4.78, 5) is 32.0. The van der Waals surface area contributed by atoms with Gasteiger partial charge in [0.25, 0.3) is 0 Å². The van der Waals surface area contributed by atoms with Crippen LogP contribution in [0.25, 0.3) is 10.9 Å². The van der Waals surface area contributed by atoms with E-state index in [1.165, 1.54) is 11.3 Å². The fourth-order valence-corrected chi connectivity index (χ4v) is 4.18. The number of carbonyl (C=O) groups is 2. The van der Waals surface area contributed by atoms with E-state index in [4.69, 9.17) is 0 Å². The topological polar surface area (TPSA) is 91.0 Å². The maximum atomic E-state index is 12.5. The number of aromatic nitrogens is 3. The molecule has 3 heterocycles. The Bertz CT molecular complexity index is 1010. The molecule has 0 spiro atoms. The normalized spacial score (nSPS) is 17.3. The van der Waals surface area contributed by atoms with Gasteiger partial charge in [-0.2, -0.15) is 5.10 Å². The van der Waals surface area contributed by atoms with Gasteiger partial charge in [-0.1, -0.05) is 15.9 Å². The fraction of sp³-hybridized carbons (Fsp3) is 0.294. The van der Waals surface area contributed by atoms with Crippen molar-refractivity contribution in [2.24, 2.45) is 5.92 Å². The SMILES string of the molecule is Cc1nc(NC(=O)C2CC(=O)N(c3n[nH]c4cc(Br)ccc34)C2)sc1C. The number of fused-ring (bicyclic) bond motifs is 1. The number of nitrogens with zero attached hydrogens (tertiary/aromatic N) is 3. The van der Waals surface area contributed by atoms with Crippen LogP contribution in [-0.4, -0.2) is 33.5 Å². The zero-order valence-corrected chi connectivity index (χ0v) is 16.6. The van der Waals surface area contributed by atoms with Crippen molar-refractivity contribution in [2.75, 3.05) is 16.8 Å². The summed E-state index contributed by atoms with van der Waals surface area (Å²) in [5, 5.41) is 11.5. The Morgan fingerprint density at radius 3 is 2.96 bits per heavy atom. The first kappa shape index (κ1) is 17.2. The number of thiazole rings is 1. The van der Waals surface area contributed by atoms with Gasteiger partial charge in [0.1, 0.15) is 0 Å². The van der Waals surface area contributed by atoms with Gasteiger partial charge in [-0.3, -0.25) is 19.6 Å². The number of benzene rings is 1. The zero-order valence-electron chi connectivity index (χ0n) is 14.2. The highest BCUT2D eigenvalue weighted by molar-refractivity contribution is 9.10. The van der Waals surface area contributed by atoms with Crippen LogP contribution in [0.4, 0.5) is 10.9 Å². The van der Waals surface area contributed by atoms with E-state index in [2.05, 4.69) is 36.4 Å². The lowest BCUT2D eigenvalue weighted by Crippen LogP contribution is -2.28. The van der Waals surface area contributed by atoms with E-state index in [1.54, 1.807) is 4.90 Å². The summed E-state index contributed by atoms with van der Waals surface area (Å²) in [5.74, 6) is -0.145.